The fourth-order valence-corrected chi connectivity index (χ4v) is 2.98. The lowest BCUT2D eigenvalue weighted by Gasteiger charge is -2.12. The second kappa shape index (κ2) is 8.60. The molecule has 0 aromatic heterocycles. The average molecular weight is 310 g/mol. The third-order valence-electron chi connectivity index (χ3n) is 3.56. The standard InChI is InChI=1S/C20H22OS/c1-16(2)19(15-17-9-5-3-6-10-17)13-14-22-20(21)18-11-7-4-8-12-18/h3-13,16H,14-15H2,1-2H3/b19-13-. The van der Waals surface area contributed by atoms with E-state index in [2.05, 4.69) is 44.2 Å². The summed E-state index contributed by atoms with van der Waals surface area (Å²) >= 11 is 1.37. The molecule has 0 N–H and O–H groups in total. The van der Waals surface area contributed by atoms with Crippen LogP contribution in [0, 0.1) is 5.92 Å². The van der Waals surface area contributed by atoms with Gasteiger partial charge in [-0.25, -0.2) is 0 Å². The van der Waals surface area contributed by atoms with Crippen molar-refractivity contribution >= 4 is 16.9 Å². The van der Waals surface area contributed by atoms with E-state index in [9.17, 15) is 4.79 Å². The summed E-state index contributed by atoms with van der Waals surface area (Å²) in [4.78, 5) is 12.1. The van der Waals surface area contributed by atoms with Crippen LogP contribution in [0.1, 0.15) is 29.8 Å². The topological polar surface area (TPSA) is 17.1 Å². The molecule has 0 saturated carbocycles. The second-order valence-electron chi connectivity index (χ2n) is 5.56. The maximum Gasteiger partial charge on any atom is 0.219 e. The van der Waals surface area contributed by atoms with E-state index in [1.165, 1.54) is 22.9 Å². The Morgan fingerprint density at radius 3 is 2.18 bits per heavy atom. The van der Waals surface area contributed by atoms with Crippen LogP contribution in [0.4, 0.5) is 0 Å². The lowest BCUT2D eigenvalue weighted by Crippen LogP contribution is -2.00. The van der Waals surface area contributed by atoms with Gasteiger partial charge in [0.05, 0.1) is 0 Å². The molecule has 2 aromatic rings. The molecule has 0 aliphatic rings. The Bertz CT molecular complexity index is 615. The van der Waals surface area contributed by atoms with Crippen molar-refractivity contribution in [1.82, 2.24) is 0 Å². The minimum atomic E-state index is 0.139. The van der Waals surface area contributed by atoms with Crippen molar-refractivity contribution in [2.24, 2.45) is 5.92 Å². The van der Waals surface area contributed by atoms with Gasteiger partial charge < -0.3 is 0 Å². The van der Waals surface area contributed by atoms with Crippen LogP contribution < -0.4 is 0 Å². The molecular weight excluding hydrogens is 288 g/mol. The van der Waals surface area contributed by atoms with Crippen molar-refractivity contribution in [2.45, 2.75) is 20.3 Å². The summed E-state index contributed by atoms with van der Waals surface area (Å²) in [5.74, 6) is 1.22. The molecule has 2 heteroatoms. The Balaban J connectivity index is 1.95. The van der Waals surface area contributed by atoms with Crippen LogP contribution in [0.2, 0.25) is 0 Å². The van der Waals surface area contributed by atoms with Crippen LogP contribution in [0.3, 0.4) is 0 Å². The van der Waals surface area contributed by atoms with E-state index < -0.39 is 0 Å². The summed E-state index contributed by atoms with van der Waals surface area (Å²) in [6, 6.07) is 19.9. The van der Waals surface area contributed by atoms with Gasteiger partial charge in [0.2, 0.25) is 5.12 Å². The Labute approximate surface area is 137 Å². The first-order valence-electron chi connectivity index (χ1n) is 7.62. The molecule has 0 aliphatic carbocycles. The highest BCUT2D eigenvalue weighted by Crippen LogP contribution is 2.19. The summed E-state index contributed by atoms with van der Waals surface area (Å²) < 4.78 is 0. The smallest absolute Gasteiger partial charge is 0.219 e. The quantitative estimate of drug-likeness (QED) is 0.666. The molecule has 1 nitrogen and oxygen atoms in total. The normalized spacial score (nSPS) is 11.7. The van der Waals surface area contributed by atoms with Crippen molar-refractivity contribution in [1.29, 1.82) is 0 Å². The Morgan fingerprint density at radius 1 is 1.00 bits per heavy atom. The van der Waals surface area contributed by atoms with Gasteiger partial charge in [-0.3, -0.25) is 4.79 Å². The van der Waals surface area contributed by atoms with Crippen LogP contribution in [0.15, 0.2) is 72.3 Å². The van der Waals surface area contributed by atoms with Gasteiger partial charge in [-0.2, -0.15) is 0 Å². The summed E-state index contributed by atoms with van der Waals surface area (Å²) in [6.07, 6.45) is 3.17. The maximum atomic E-state index is 12.1. The van der Waals surface area contributed by atoms with Crippen molar-refractivity contribution in [3.8, 4) is 0 Å². The zero-order valence-electron chi connectivity index (χ0n) is 13.2. The predicted molar refractivity (Wildman–Crippen MR) is 96.3 cm³/mol. The highest BCUT2D eigenvalue weighted by molar-refractivity contribution is 8.14. The molecule has 2 aromatic carbocycles. The fraction of sp³-hybridized carbons (Fsp3) is 0.250. The number of carbonyl (C=O) groups is 1. The van der Waals surface area contributed by atoms with Gasteiger partial charge >= 0.3 is 0 Å². The van der Waals surface area contributed by atoms with Crippen molar-refractivity contribution < 1.29 is 4.79 Å². The minimum Gasteiger partial charge on any atom is -0.282 e. The van der Waals surface area contributed by atoms with E-state index in [0.29, 0.717) is 5.92 Å². The lowest BCUT2D eigenvalue weighted by molar-refractivity contribution is 0.108. The lowest BCUT2D eigenvalue weighted by atomic mass is 9.96. The molecule has 0 radical (unpaired) electrons. The molecule has 114 valence electrons. The number of rotatable bonds is 6. The van der Waals surface area contributed by atoms with Crippen LogP contribution in [0.5, 0.6) is 0 Å². The van der Waals surface area contributed by atoms with Crippen molar-refractivity contribution in [3.63, 3.8) is 0 Å². The first kappa shape index (κ1) is 16.6. The molecule has 0 spiro atoms. The van der Waals surface area contributed by atoms with Crippen molar-refractivity contribution in [3.05, 3.63) is 83.4 Å². The first-order valence-corrected chi connectivity index (χ1v) is 8.60. The van der Waals surface area contributed by atoms with Crippen LogP contribution in [-0.2, 0) is 6.42 Å². The van der Waals surface area contributed by atoms with Crippen LogP contribution in [0.25, 0.3) is 0 Å². The molecule has 0 aliphatic heterocycles. The average Bonchev–Trinajstić information content (AvgIpc) is 2.55. The summed E-state index contributed by atoms with van der Waals surface area (Å²) in [7, 11) is 0. The third kappa shape index (κ3) is 5.19. The first-order chi connectivity index (χ1) is 10.7. The van der Waals surface area contributed by atoms with E-state index in [1.54, 1.807) is 0 Å². The van der Waals surface area contributed by atoms with Gasteiger partial charge in [-0.15, -0.1) is 0 Å². The minimum absolute atomic E-state index is 0.139. The van der Waals surface area contributed by atoms with Gasteiger partial charge in [0, 0.05) is 11.3 Å². The number of thioether (sulfide) groups is 1. The SMILES string of the molecule is CC(C)/C(=C\CSC(=O)c1ccccc1)Cc1ccccc1. The highest BCUT2D eigenvalue weighted by atomic mass is 32.2. The molecule has 0 bridgehead atoms. The molecule has 0 atom stereocenters. The van der Waals surface area contributed by atoms with E-state index in [0.717, 1.165) is 17.7 Å². The molecule has 22 heavy (non-hydrogen) atoms. The van der Waals surface area contributed by atoms with E-state index >= 15 is 0 Å². The zero-order valence-corrected chi connectivity index (χ0v) is 14.0. The molecular formula is C20H22OS. The summed E-state index contributed by atoms with van der Waals surface area (Å²) in [5.41, 5.74) is 3.48. The van der Waals surface area contributed by atoms with E-state index in [4.69, 9.17) is 0 Å². The Morgan fingerprint density at radius 2 is 1.59 bits per heavy atom. The van der Waals surface area contributed by atoms with Gasteiger partial charge in [0.15, 0.2) is 0 Å². The summed E-state index contributed by atoms with van der Waals surface area (Å²) in [6.45, 7) is 4.41. The summed E-state index contributed by atoms with van der Waals surface area (Å²) in [5, 5.41) is 0.139. The Kier molecular flexibility index (Phi) is 6.47. The molecule has 0 saturated heterocycles. The molecule has 0 fully saturated rings. The number of hydrogen-bond donors (Lipinski definition) is 0. The van der Waals surface area contributed by atoms with Crippen LogP contribution >= 0.6 is 11.8 Å². The molecule has 0 amide bonds. The van der Waals surface area contributed by atoms with Gasteiger partial charge in [0.25, 0.3) is 0 Å². The largest absolute Gasteiger partial charge is 0.282 e. The molecule has 0 heterocycles. The fourth-order valence-electron chi connectivity index (χ4n) is 2.23. The number of benzene rings is 2. The highest BCUT2D eigenvalue weighted by Gasteiger charge is 2.07. The number of carbonyl (C=O) groups excluding carboxylic acids is 1. The third-order valence-corrected chi connectivity index (χ3v) is 4.39. The maximum absolute atomic E-state index is 12.1. The zero-order chi connectivity index (χ0) is 15.8. The predicted octanol–water partition coefficient (Wildman–Crippen LogP) is 5.39. The number of hydrogen-bond acceptors (Lipinski definition) is 2. The van der Waals surface area contributed by atoms with E-state index in [-0.39, 0.29) is 5.12 Å². The Hall–Kier alpha value is -1.80. The second-order valence-corrected chi connectivity index (χ2v) is 6.55. The number of allylic oxidation sites excluding steroid dienone is 1. The van der Waals surface area contributed by atoms with Gasteiger partial charge in [0.1, 0.15) is 0 Å². The van der Waals surface area contributed by atoms with Gasteiger partial charge in [-0.05, 0) is 17.9 Å². The monoisotopic (exact) mass is 310 g/mol. The molecule has 2 rings (SSSR count). The van der Waals surface area contributed by atoms with Crippen LogP contribution in [-0.4, -0.2) is 10.9 Å². The van der Waals surface area contributed by atoms with Crippen molar-refractivity contribution in [2.75, 3.05) is 5.75 Å². The van der Waals surface area contributed by atoms with Gasteiger partial charge in [-0.1, -0.05) is 97.9 Å². The molecule has 0 unspecified atom stereocenters. The van der Waals surface area contributed by atoms with E-state index in [1.807, 2.05) is 36.4 Å².